The highest BCUT2D eigenvalue weighted by Crippen LogP contribution is 2.38. The van der Waals surface area contributed by atoms with Gasteiger partial charge in [0.1, 0.15) is 0 Å². The Balaban J connectivity index is 1.73. The van der Waals surface area contributed by atoms with Crippen LogP contribution >= 0.6 is 15.9 Å². The molecule has 19 heavy (non-hydrogen) atoms. The molecule has 4 heterocycles. The minimum Gasteiger partial charge on any atom is -0.303 e. The molecule has 3 aliphatic heterocycles. The van der Waals surface area contributed by atoms with Crippen molar-refractivity contribution in [3.05, 3.63) is 40.5 Å². The Hall–Kier alpha value is -0.930. The lowest BCUT2D eigenvalue weighted by molar-refractivity contribution is 0.0856. The SMILES string of the molecule is Brc1ccc2nc(C3CN4CCC3CC4)ccc2c1. The number of hydrogen-bond acceptors (Lipinski definition) is 2. The van der Waals surface area contributed by atoms with Crippen molar-refractivity contribution in [2.24, 2.45) is 5.92 Å². The number of nitrogens with zero attached hydrogens (tertiary/aromatic N) is 2. The molecule has 5 rings (SSSR count). The second-order valence-electron chi connectivity index (χ2n) is 5.82. The van der Waals surface area contributed by atoms with Crippen molar-refractivity contribution < 1.29 is 0 Å². The molecule has 0 aliphatic carbocycles. The molecule has 0 N–H and O–H groups in total. The summed E-state index contributed by atoms with van der Waals surface area (Å²) in [6.45, 7) is 3.79. The summed E-state index contributed by atoms with van der Waals surface area (Å²) in [4.78, 5) is 7.51. The summed E-state index contributed by atoms with van der Waals surface area (Å²) in [5, 5.41) is 1.22. The first kappa shape index (κ1) is 11.9. The first-order chi connectivity index (χ1) is 9.29. The van der Waals surface area contributed by atoms with Crippen LogP contribution in [0, 0.1) is 5.92 Å². The van der Waals surface area contributed by atoms with Gasteiger partial charge >= 0.3 is 0 Å². The van der Waals surface area contributed by atoms with E-state index in [1.807, 2.05) is 0 Å². The van der Waals surface area contributed by atoms with Crippen molar-refractivity contribution in [1.82, 2.24) is 9.88 Å². The third-order valence-corrected chi connectivity index (χ3v) is 5.20. The van der Waals surface area contributed by atoms with Gasteiger partial charge < -0.3 is 4.90 Å². The number of hydrogen-bond donors (Lipinski definition) is 0. The number of benzene rings is 1. The normalized spacial score (nSPS) is 29.8. The van der Waals surface area contributed by atoms with Crippen molar-refractivity contribution in [2.45, 2.75) is 18.8 Å². The predicted octanol–water partition coefficient (Wildman–Crippen LogP) is 3.81. The van der Waals surface area contributed by atoms with Gasteiger partial charge in [-0.05, 0) is 56.1 Å². The topological polar surface area (TPSA) is 16.1 Å². The maximum Gasteiger partial charge on any atom is 0.0706 e. The fraction of sp³-hybridized carbons (Fsp3) is 0.438. The van der Waals surface area contributed by atoms with E-state index in [0.717, 1.165) is 15.9 Å². The van der Waals surface area contributed by atoms with Crippen LogP contribution in [0.25, 0.3) is 10.9 Å². The van der Waals surface area contributed by atoms with Crippen LogP contribution in [-0.4, -0.2) is 29.5 Å². The lowest BCUT2D eigenvalue weighted by Gasteiger charge is -2.44. The molecule has 3 fully saturated rings. The molecule has 0 amide bonds. The molecule has 1 aromatic heterocycles. The first-order valence-corrected chi connectivity index (χ1v) is 7.87. The van der Waals surface area contributed by atoms with Gasteiger partial charge in [0.15, 0.2) is 0 Å². The number of pyridine rings is 1. The second kappa shape index (κ2) is 4.57. The van der Waals surface area contributed by atoms with E-state index < -0.39 is 0 Å². The molecular weight excluding hydrogens is 300 g/mol. The minimum absolute atomic E-state index is 0.649. The molecule has 2 nitrogen and oxygen atoms in total. The fourth-order valence-electron chi connectivity index (χ4n) is 3.62. The number of piperidine rings is 3. The highest BCUT2D eigenvalue weighted by Gasteiger charge is 2.35. The van der Waals surface area contributed by atoms with Crippen molar-refractivity contribution in [3.63, 3.8) is 0 Å². The molecule has 2 bridgehead atoms. The zero-order chi connectivity index (χ0) is 12.8. The molecule has 0 spiro atoms. The van der Waals surface area contributed by atoms with Crippen LogP contribution < -0.4 is 0 Å². The molecule has 3 saturated heterocycles. The predicted molar refractivity (Wildman–Crippen MR) is 81.3 cm³/mol. The molecule has 1 atom stereocenters. The van der Waals surface area contributed by atoms with Crippen LogP contribution in [0.1, 0.15) is 24.5 Å². The number of fused-ring (bicyclic) bond motifs is 4. The third kappa shape index (κ3) is 2.09. The van der Waals surface area contributed by atoms with E-state index in [-0.39, 0.29) is 0 Å². The largest absolute Gasteiger partial charge is 0.303 e. The van der Waals surface area contributed by atoms with Crippen LogP contribution in [0.3, 0.4) is 0 Å². The van der Waals surface area contributed by atoms with Gasteiger partial charge in [0.25, 0.3) is 0 Å². The summed E-state index contributed by atoms with van der Waals surface area (Å²) >= 11 is 3.52. The maximum atomic E-state index is 4.91. The highest BCUT2D eigenvalue weighted by atomic mass is 79.9. The molecule has 98 valence electrons. The Kier molecular flexibility index (Phi) is 2.85. The van der Waals surface area contributed by atoms with Crippen LogP contribution in [-0.2, 0) is 0 Å². The summed E-state index contributed by atoms with van der Waals surface area (Å²) in [6.07, 6.45) is 2.70. The Labute approximate surface area is 122 Å². The summed E-state index contributed by atoms with van der Waals surface area (Å²) < 4.78 is 1.12. The molecule has 1 aromatic carbocycles. The van der Waals surface area contributed by atoms with Crippen molar-refractivity contribution in [3.8, 4) is 0 Å². The zero-order valence-electron chi connectivity index (χ0n) is 10.8. The quantitative estimate of drug-likeness (QED) is 0.795. The van der Waals surface area contributed by atoms with Crippen molar-refractivity contribution in [2.75, 3.05) is 19.6 Å². The Morgan fingerprint density at radius 1 is 1.11 bits per heavy atom. The average Bonchev–Trinajstić information content (AvgIpc) is 2.48. The van der Waals surface area contributed by atoms with Crippen molar-refractivity contribution in [1.29, 1.82) is 0 Å². The smallest absolute Gasteiger partial charge is 0.0706 e. The molecule has 1 unspecified atom stereocenters. The average molecular weight is 317 g/mol. The van der Waals surface area contributed by atoms with Crippen LogP contribution in [0.15, 0.2) is 34.8 Å². The monoisotopic (exact) mass is 316 g/mol. The second-order valence-corrected chi connectivity index (χ2v) is 6.73. The van der Waals surface area contributed by atoms with Gasteiger partial charge in [0.05, 0.1) is 5.52 Å². The molecule has 2 aromatic rings. The van der Waals surface area contributed by atoms with Gasteiger partial charge in [-0.3, -0.25) is 4.98 Å². The maximum absolute atomic E-state index is 4.91. The number of aromatic nitrogens is 1. The lowest BCUT2D eigenvalue weighted by Crippen LogP contribution is -2.46. The standard InChI is InChI=1S/C16H17BrN2/c17-13-2-4-15-12(9-13)1-3-16(18-15)14-10-19-7-5-11(14)6-8-19/h1-4,9,11,14H,5-8,10H2. The number of halogens is 1. The van der Waals surface area contributed by atoms with Gasteiger partial charge in [-0.15, -0.1) is 0 Å². The van der Waals surface area contributed by atoms with Gasteiger partial charge in [-0.25, -0.2) is 0 Å². The van der Waals surface area contributed by atoms with E-state index in [0.29, 0.717) is 5.92 Å². The summed E-state index contributed by atoms with van der Waals surface area (Å²) in [5.41, 5.74) is 2.42. The van der Waals surface area contributed by atoms with Gasteiger partial charge in [-0.2, -0.15) is 0 Å². The van der Waals surface area contributed by atoms with Crippen LogP contribution in [0.5, 0.6) is 0 Å². The van der Waals surface area contributed by atoms with E-state index >= 15 is 0 Å². The summed E-state index contributed by atoms with van der Waals surface area (Å²) in [6, 6.07) is 10.8. The van der Waals surface area contributed by atoms with Gasteiger partial charge in [0, 0.05) is 28.0 Å². The van der Waals surface area contributed by atoms with Gasteiger partial charge in [-0.1, -0.05) is 22.0 Å². The van der Waals surface area contributed by atoms with E-state index in [1.54, 1.807) is 0 Å². The van der Waals surface area contributed by atoms with E-state index in [1.165, 1.54) is 43.6 Å². The molecule has 0 saturated carbocycles. The Morgan fingerprint density at radius 3 is 2.68 bits per heavy atom. The first-order valence-electron chi connectivity index (χ1n) is 7.08. The Bertz CT molecular complexity index is 617. The number of rotatable bonds is 1. The highest BCUT2D eigenvalue weighted by molar-refractivity contribution is 9.10. The minimum atomic E-state index is 0.649. The van der Waals surface area contributed by atoms with E-state index in [2.05, 4.69) is 51.2 Å². The molecular formula is C16H17BrN2. The van der Waals surface area contributed by atoms with Gasteiger partial charge in [0.2, 0.25) is 0 Å². The van der Waals surface area contributed by atoms with Crippen molar-refractivity contribution >= 4 is 26.8 Å². The summed E-state index contributed by atoms with van der Waals surface area (Å²) in [7, 11) is 0. The summed E-state index contributed by atoms with van der Waals surface area (Å²) in [5.74, 6) is 1.50. The molecule has 3 aliphatic rings. The lowest BCUT2D eigenvalue weighted by atomic mass is 9.77. The Morgan fingerprint density at radius 2 is 1.95 bits per heavy atom. The fourth-order valence-corrected chi connectivity index (χ4v) is 4.00. The molecule has 3 heteroatoms. The van der Waals surface area contributed by atoms with E-state index in [4.69, 9.17) is 4.98 Å². The zero-order valence-corrected chi connectivity index (χ0v) is 12.4. The third-order valence-electron chi connectivity index (χ3n) is 4.71. The van der Waals surface area contributed by atoms with E-state index in [9.17, 15) is 0 Å². The molecule has 0 radical (unpaired) electrons. The van der Waals surface area contributed by atoms with Crippen LogP contribution in [0.4, 0.5) is 0 Å². The van der Waals surface area contributed by atoms with Crippen LogP contribution in [0.2, 0.25) is 0 Å².